The lowest BCUT2D eigenvalue weighted by molar-refractivity contribution is -0.385. The molecule has 0 spiro atoms. The van der Waals surface area contributed by atoms with Crippen molar-refractivity contribution in [3.63, 3.8) is 0 Å². The number of nitro benzene ring substituents is 1. The van der Waals surface area contributed by atoms with Crippen LogP contribution in [-0.4, -0.2) is 10.8 Å². The summed E-state index contributed by atoms with van der Waals surface area (Å²) in [4.78, 5) is 22.3. The molecular formula is C15H9Cl2F3N2O3. The Kier molecular flexibility index (Phi) is 5.54. The van der Waals surface area contributed by atoms with Crippen molar-refractivity contribution in [3.05, 3.63) is 73.2 Å². The van der Waals surface area contributed by atoms with Gasteiger partial charge in [0.15, 0.2) is 0 Å². The minimum atomic E-state index is -4.63. The molecule has 0 aliphatic carbocycles. The van der Waals surface area contributed by atoms with Crippen molar-refractivity contribution in [2.24, 2.45) is 0 Å². The van der Waals surface area contributed by atoms with E-state index in [1.807, 2.05) is 0 Å². The molecule has 2 aromatic rings. The zero-order valence-corrected chi connectivity index (χ0v) is 13.7. The molecule has 0 heterocycles. The van der Waals surface area contributed by atoms with Crippen LogP contribution in [0.5, 0.6) is 0 Å². The molecule has 0 radical (unpaired) electrons. The van der Waals surface area contributed by atoms with Crippen LogP contribution < -0.4 is 5.32 Å². The molecule has 0 fully saturated rings. The van der Waals surface area contributed by atoms with E-state index in [4.69, 9.17) is 23.2 Å². The topological polar surface area (TPSA) is 72.2 Å². The Bertz CT molecular complexity index is 841. The maximum absolute atomic E-state index is 12.8. The number of nitrogens with zero attached hydrogens (tertiary/aromatic N) is 1. The summed E-state index contributed by atoms with van der Waals surface area (Å²) >= 11 is 11.2. The highest BCUT2D eigenvalue weighted by molar-refractivity contribution is 6.31. The molecule has 0 saturated heterocycles. The van der Waals surface area contributed by atoms with E-state index in [2.05, 4.69) is 5.32 Å². The molecule has 10 heteroatoms. The first-order valence-corrected chi connectivity index (χ1v) is 7.43. The summed E-state index contributed by atoms with van der Waals surface area (Å²) in [5.41, 5.74) is -1.64. The van der Waals surface area contributed by atoms with E-state index in [-0.39, 0.29) is 22.7 Å². The first kappa shape index (κ1) is 19.0. The number of hydrogen-bond donors (Lipinski definition) is 1. The highest BCUT2D eigenvalue weighted by atomic mass is 35.5. The van der Waals surface area contributed by atoms with Crippen molar-refractivity contribution < 1.29 is 22.9 Å². The van der Waals surface area contributed by atoms with Gasteiger partial charge < -0.3 is 5.32 Å². The second-order valence-corrected chi connectivity index (χ2v) is 5.76. The predicted molar refractivity (Wildman–Crippen MR) is 85.7 cm³/mol. The summed E-state index contributed by atoms with van der Waals surface area (Å²) in [6.07, 6.45) is -4.63. The van der Waals surface area contributed by atoms with Crippen LogP contribution in [0.1, 0.15) is 21.5 Å². The Hall–Kier alpha value is -2.32. The van der Waals surface area contributed by atoms with Crippen molar-refractivity contribution in [1.82, 2.24) is 5.32 Å². The van der Waals surface area contributed by atoms with Gasteiger partial charge in [0.25, 0.3) is 11.6 Å². The third-order valence-corrected chi connectivity index (χ3v) is 3.76. The Labute approximate surface area is 149 Å². The van der Waals surface area contributed by atoms with Gasteiger partial charge in [0, 0.05) is 17.6 Å². The number of rotatable bonds is 4. The molecule has 0 aliphatic heterocycles. The molecule has 0 atom stereocenters. The Morgan fingerprint density at radius 3 is 2.44 bits per heavy atom. The van der Waals surface area contributed by atoms with Crippen LogP contribution in [0.4, 0.5) is 18.9 Å². The maximum Gasteiger partial charge on any atom is 0.417 e. The summed E-state index contributed by atoms with van der Waals surface area (Å²) in [6, 6.07) is 6.66. The van der Waals surface area contributed by atoms with Gasteiger partial charge in [-0.25, -0.2) is 0 Å². The third-order valence-electron chi connectivity index (χ3n) is 3.19. The number of hydrogen-bond acceptors (Lipinski definition) is 3. The molecule has 132 valence electrons. The molecule has 1 amide bonds. The second kappa shape index (κ2) is 7.28. The Morgan fingerprint density at radius 2 is 1.84 bits per heavy atom. The lowest BCUT2D eigenvalue weighted by Crippen LogP contribution is -2.24. The van der Waals surface area contributed by atoms with Crippen LogP contribution in [-0.2, 0) is 12.7 Å². The molecule has 0 aromatic heterocycles. The lowest BCUT2D eigenvalue weighted by Gasteiger charge is -2.11. The predicted octanol–water partition coefficient (Wildman–Crippen LogP) is 4.85. The zero-order chi connectivity index (χ0) is 18.8. The number of alkyl halides is 3. The van der Waals surface area contributed by atoms with Crippen molar-refractivity contribution >= 4 is 34.8 Å². The number of nitro groups is 1. The second-order valence-electron chi connectivity index (χ2n) is 4.91. The molecule has 0 unspecified atom stereocenters. The van der Waals surface area contributed by atoms with Crippen molar-refractivity contribution in [2.75, 3.05) is 0 Å². The van der Waals surface area contributed by atoms with E-state index < -0.39 is 33.3 Å². The number of halogens is 5. The smallest absolute Gasteiger partial charge is 0.348 e. The standard InChI is InChI=1S/C15H9Cl2F3N2O3/c16-9-2-3-10(13(6-9)22(24)25)14(23)21-7-8-1-4-12(17)11(5-8)15(18,19)20/h1-6H,7H2,(H,21,23). The van der Waals surface area contributed by atoms with Crippen LogP contribution >= 0.6 is 23.2 Å². The third kappa shape index (κ3) is 4.61. The van der Waals surface area contributed by atoms with Crippen molar-refractivity contribution in [2.45, 2.75) is 12.7 Å². The SMILES string of the molecule is O=C(NCc1ccc(Cl)c(C(F)(F)F)c1)c1ccc(Cl)cc1[N+](=O)[O-]. The van der Waals surface area contributed by atoms with E-state index in [9.17, 15) is 28.1 Å². The van der Waals surface area contributed by atoms with Crippen molar-refractivity contribution in [3.8, 4) is 0 Å². The fourth-order valence-electron chi connectivity index (χ4n) is 2.03. The average Bonchev–Trinajstić information content (AvgIpc) is 2.52. The molecule has 0 bridgehead atoms. The molecule has 1 N–H and O–H groups in total. The normalized spacial score (nSPS) is 11.2. The van der Waals surface area contributed by atoms with Crippen LogP contribution in [0.15, 0.2) is 36.4 Å². The first-order valence-electron chi connectivity index (χ1n) is 6.67. The maximum atomic E-state index is 12.8. The van der Waals surface area contributed by atoms with E-state index in [1.54, 1.807) is 0 Å². The van der Waals surface area contributed by atoms with Crippen LogP contribution in [0.2, 0.25) is 10.0 Å². The van der Waals surface area contributed by atoms with Gasteiger partial charge in [-0.3, -0.25) is 14.9 Å². The summed E-state index contributed by atoms with van der Waals surface area (Å²) in [5.74, 6) is -0.813. The van der Waals surface area contributed by atoms with Gasteiger partial charge in [-0.1, -0.05) is 29.3 Å². The van der Waals surface area contributed by atoms with Crippen LogP contribution in [0.25, 0.3) is 0 Å². The van der Waals surface area contributed by atoms with Gasteiger partial charge in [0.2, 0.25) is 0 Å². The summed E-state index contributed by atoms with van der Waals surface area (Å²) in [6.45, 7) is -0.265. The van der Waals surface area contributed by atoms with E-state index >= 15 is 0 Å². The number of carbonyl (C=O) groups excluding carboxylic acids is 1. The Balaban J connectivity index is 2.20. The van der Waals surface area contributed by atoms with Gasteiger partial charge in [0.1, 0.15) is 5.56 Å². The van der Waals surface area contributed by atoms with Gasteiger partial charge in [-0.15, -0.1) is 0 Å². The summed E-state index contributed by atoms with van der Waals surface area (Å²) < 4.78 is 38.4. The fraction of sp³-hybridized carbons (Fsp3) is 0.133. The molecule has 25 heavy (non-hydrogen) atoms. The van der Waals surface area contributed by atoms with Gasteiger partial charge in [0.05, 0.1) is 15.5 Å². The lowest BCUT2D eigenvalue weighted by atomic mass is 10.1. The molecule has 2 rings (SSSR count). The van der Waals surface area contributed by atoms with E-state index in [0.717, 1.165) is 18.2 Å². The molecule has 0 aliphatic rings. The summed E-state index contributed by atoms with van der Waals surface area (Å²) in [7, 11) is 0. The monoisotopic (exact) mass is 392 g/mol. The quantitative estimate of drug-likeness (QED) is 0.596. The minimum Gasteiger partial charge on any atom is -0.348 e. The fourth-order valence-corrected chi connectivity index (χ4v) is 2.42. The van der Waals surface area contributed by atoms with Crippen molar-refractivity contribution in [1.29, 1.82) is 0 Å². The zero-order valence-electron chi connectivity index (χ0n) is 12.2. The molecule has 2 aromatic carbocycles. The van der Waals surface area contributed by atoms with Gasteiger partial charge in [-0.2, -0.15) is 13.2 Å². The van der Waals surface area contributed by atoms with E-state index in [1.165, 1.54) is 18.2 Å². The highest BCUT2D eigenvalue weighted by Crippen LogP contribution is 2.35. The molecule has 5 nitrogen and oxygen atoms in total. The average molecular weight is 393 g/mol. The van der Waals surface area contributed by atoms with Gasteiger partial charge in [-0.05, 0) is 29.8 Å². The number of nitrogens with one attached hydrogen (secondary N) is 1. The minimum absolute atomic E-state index is 0.0794. The first-order chi connectivity index (χ1) is 11.6. The number of carbonyl (C=O) groups is 1. The molecular weight excluding hydrogens is 384 g/mol. The number of benzene rings is 2. The van der Waals surface area contributed by atoms with Crippen LogP contribution in [0.3, 0.4) is 0 Å². The van der Waals surface area contributed by atoms with Crippen LogP contribution in [0, 0.1) is 10.1 Å². The number of amides is 1. The summed E-state index contributed by atoms with van der Waals surface area (Å²) in [5, 5.41) is 12.9. The van der Waals surface area contributed by atoms with E-state index in [0.29, 0.717) is 0 Å². The molecule has 0 saturated carbocycles. The largest absolute Gasteiger partial charge is 0.417 e. The Morgan fingerprint density at radius 1 is 1.16 bits per heavy atom. The van der Waals surface area contributed by atoms with Gasteiger partial charge >= 0.3 is 6.18 Å². The highest BCUT2D eigenvalue weighted by Gasteiger charge is 2.33.